The standard InChI is InChI=1S/C34H39ClN6O6/c1-33(2,3)47-29(43)17-19-34(32(44)40-37-20-18-23-9-4-6-11-27(23)35)30(26-10-5-7-12-28(26)39-41-36)46-31(38-34)24-13-15-25(16-14-24)45-22-8-21-42/h4-7,9-16,30,37,42H,8,17-22H2,1-3H3,(H,40,44)/t30-,34-/m0/s1. The molecule has 3 N–H and O–H groups in total. The van der Waals surface area contributed by atoms with Gasteiger partial charge in [0.1, 0.15) is 11.4 Å². The summed E-state index contributed by atoms with van der Waals surface area (Å²) >= 11 is 6.31. The molecule has 12 nitrogen and oxygen atoms in total. The molecule has 47 heavy (non-hydrogen) atoms. The number of carbonyl (C=O) groups excluding carboxylic acids is 2. The third-order valence-electron chi connectivity index (χ3n) is 7.21. The normalized spacial score (nSPS) is 17.2. The lowest BCUT2D eigenvalue weighted by Crippen LogP contribution is -2.53. The first kappa shape index (κ1) is 35.2. The van der Waals surface area contributed by atoms with Crippen LogP contribution in [0.15, 0.2) is 82.9 Å². The Morgan fingerprint density at radius 2 is 1.83 bits per heavy atom. The number of hydrogen-bond donors (Lipinski definition) is 3. The van der Waals surface area contributed by atoms with Crippen molar-refractivity contribution >= 4 is 35.1 Å². The Morgan fingerprint density at radius 1 is 1.11 bits per heavy atom. The van der Waals surface area contributed by atoms with Gasteiger partial charge in [-0.2, -0.15) is 0 Å². The second-order valence-electron chi connectivity index (χ2n) is 11.8. The minimum Gasteiger partial charge on any atom is -0.494 e. The fourth-order valence-corrected chi connectivity index (χ4v) is 5.26. The van der Waals surface area contributed by atoms with Gasteiger partial charge in [0.2, 0.25) is 5.90 Å². The lowest BCUT2D eigenvalue weighted by molar-refractivity contribution is -0.155. The summed E-state index contributed by atoms with van der Waals surface area (Å²) in [5, 5.41) is 13.5. The largest absolute Gasteiger partial charge is 0.494 e. The first-order chi connectivity index (χ1) is 22.6. The van der Waals surface area contributed by atoms with Crippen molar-refractivity contribution in [3.8, 4) is 5.75 Å². The zero-order chi connectivity index (χ0) is 33.9. The van der Waals surface area contributed by atoms with Gasteiger partial charge in [-0.05, 0) is 75.0 Å². The number of ether oxygens (including phenoxy) is 3. The monoisotopic (exact) mass is 662 g/mol. The first-order valence-corrected chi connectivity index (χ1v) is 15.7. The zero-order valence-electron chi connectivity index (χ0n) is 26.6. The molecule has 2 atom stereocenters. The van der Waals surface area contributed by atoms with Crippen LogP contribution >= 0.6 is 11.6 Å². The molecule has 0 saturated carbocycles. The maximum absolute atomic E-state index is 14.3. The SMILES string of the molecule is CC(C)(C)OC(=O)CC[C@]1(C(=O)NNCCc2ccccc2Cl)N=C(c2ccc(OCCCO)cc2)O[C@H]1c1ccccc1N=[N+]=[N-]. The van der Waals surface area contributed by atoms with Crippen LogP contribution < -0.4 is 15.6 Å². The van der Waals surface area contributed by atoms with E-state index in [9.17, 15) is 15.1 Å². The topological polar surface area (TPSA) is 167 Å². The van der Waals surface area contributed by atoms with Crippen LogP contribution in [0.25, 0.3) is 10.4 Å². The highest BCUT2D eigenvalue weighted by Gasteiger charge is 2.54. The van der Waals surface area contributed by atoms with Crippen molar-refractivity contribution < 1.29 is 28.9 Å². The second-order valence-corrected chi connectivity index (χ2v) is 12.3. The number of hydrazine groups is 1. The van der Waals surface area contributed by atoms with Gasteiger partial charge < -0.3 is 19.3 Å². The number of benzene rings is 3. The van der Waals surface area contributed by atoms with E-state index in [4.69, 9.17) is 35.9 Å². The molecular weight excluding hydrogens is 624 g/mol. The number of nitrogens with zero attached hydrogens (tertiary/aromatic N) is 4. The maximum atomic E-state index is 14.3. The zero-order valence-corrected chi connectivity index (χ0v) is 27.4. The number of rotatable bonds is 15. The number of halogens is 1. The van der Waals surface area contributed by atoms with Crippen LogP contribution in [0, 0.1) is 0 Å². The van der Waals surface area contributed by atoms with E-state index in [0.717, 1.165) is 5.56 Å². The summed E-state index contributed by atoms with van der Waals surface area (Å²) in [6, 6.07) is 21.2. The van der Waals surface area contributed by atoms with E-state index in [0.29, 0.717) is 47.9 Å². The molecule has 0 spiro atoms. The van der Waals surface area contributed by atoms with E-state index < -0.39 is 29.1 Å². The molecule has 4 rings (SSSR count). The van der Waals surface area contributed by atoms with Gasteiger partial charge in [-0.25, -0.2) is 10.4 Å². The number of nitrogens with one attached hydrogen (secondary N) is 2. The smallest absolute Gasteiger partial charge is 0.306 e. The number of esters is 1. The molecule has 1 aliphatic heterocycles. The summed E-state index contributed by atoms with van der Waals surface area (Å²) < 4.78 is 17.7. The van der Waals surface area contributed by atoms with Crippen LogP contribution in [0.5, 0.6) is 5.75 Å². The molecule has 1 heterocycles. The molecule has 0 fully saturated rings. The third-order valence-corrected chi connectivity index (χ3v) is 7.58. The van der Waals surface area contributed by atoms with Crippen LogP contribution in [0.2, 0.25) is 5.02 Å². The fourth-order valence-electron chi connectivity index (χ4n) is 5.03. The van der Waals surface area contributed by atoms with Gasteiger partial charge in [-0.1, -0.05) is 59.2 Å². The summed E-state index contributed by atoms with van der Waals surface area (Å²) in [4.78, 5) is 35.1. The number of aliphatic hydroxyl groups is 1. The molecule has 0 saturated heterocycles. The van der Waals surface area contributed by atoms with Gasteiger partial charge in [0.05, 0.1) is 6.61 Å². The number of carbonyl (C=O) groups is 2. The van der Waals surface area contributed by atoms with Crippen LogP contribution in [0.1, 0.15) is 62.8 Å². The van der Waals surface area contributed by atoms with Crippen molar-refractivity contribution in [1.29, 1.82) is 0 Å². The lowest BCUT2D eigenvalue weighted by atomic mass is 9.83. The van der Waals surface area contributed by atoms with E-state index in [1.165, 1.54) is 0 Å². The molecular formula is C34H39ClN6O6. The van der Waals surface area contributed by atoms with Gasteiger partial charge in [-0.15, -0.1) is 0 Å². The van der Waals surface area contributed by atoms with E-state index in [2.05, 4.69) is 20.9 Å². The molecule has 0 bridgehead atoms. The molecule has 0 aliphatic carbocycles. The Hall–Kier alpha value is -4.61. The van der Waals surface area contributed by atoms with E-state index in [1.54, 1.807) is 75.4 Å². The maximum Gasteiger partial charge on any atom is 0.306 e. The molecule has 1 aliphatic rings. The average Bonchev–Trinajstić information content (AvgIpc) is 3.43. The predicted octanol–water partition coefficient (Wildman–Crippen LogP) is 6.29. The molecule has 0 unspecified atom stereocenters. The van der Waals surface area contributed by atoms with E-state index in [-0.39, 0.29) is 31.0 Å². The van der Waals surface area contributed by atoms with Crippen molar-refractivity contribution in [3.63, 3.8) is 0 Å². The highest BCUT2D eigenvalue weighted by molar-refractivity contribution is 6.31. The highest BCUT2D eigenvalue weighted by atomic mass is 35.5. The summed E-state index contributed by atoms with van der Waals surface area (Å²) in [7, 11) is 0. The van der Waals surface area contributed by atoms with Gasteiger partial charge in [-0.3, -0.25) is 15.0 Å². The Bertz CT molecular complexity index is 1620. The van der Waals surface area contributed by atoms with Crippen LogP contribution in [-0.2, 0) is 25.5 Å². The molecule has 1 amide bonds. The third kappa shape index (κ3) is 9.46. The van der Waals surface area contributed by atoms with Crippen molar-refractivity contribution in [2.75, 3.05) is 19.8 Å². The summed E-state index contributed by atoms with van der Waals surface area (Å²) in [5.74, 6) is -0.322. The minimum absolute atomic E-state index is 0.0176. The number of aliphatic imine (C=N–C) groups is 1. The highest BCUT2D eigenvalue weighted by Crippen LogP contribution is 2.46. The fraction of sp³-hybridized carbons (Fsp3) is 0.382. The van der Waals surface area contributed by atoms with Crippen molar-refractivity contribution in [2.45, 2.75) is 63.7 Å². The Kier molecular flexibility index (Phi) is 12.2. The predicted molar refractivity (Wildman–Crippen MR) is 178 cm³/mol. The molecule has 13 heteroatoms. The quantitative estimate of drug-likeness (QED) is 0.0429. The van der Waals surface area contributed by atoms with Crippen LogP contribution in [0.4, 0.5) is 5.69 Å². The Balaban J connectivity index is 1.71. The summed E-state index contributed by atoms with van der Waals surface area (Å²) in [6.45, 7) is 6.02. The number of amides is 1. The lowest BCUT2D eigenvalue weighted by Gasteiger charge is -2.31. The van der Waals surface area contributed by atoms with Gasteiger partial charge in [0, 0.05) is 52.7 Å². The van der Waals surface area contributed by atoms with Gasteiger partial charge in [0.15, 0.2) is 11.6 Å². The Morgan fingerprint density at radius 3 is 2.53 bits per heavy atom. The summed E-state index contributed by atoms with van der Waals surface area (Å²) in [5.41, 5.74) is 14.8. The van der Waals surface area contributed by atoms with Crippen LogP contribution in [0.3, 0.4) is 0 Å². The van der Waals surface area contributed by atoms with Crippen LogP contribution in [-0.4, -0.2) is 53.8 Å². The van der Waals surface area contributed by atoms with E-state index >= 15 is 0 Å². The second kappa shape index (κ2) is 16.3. The van der Waals surface area contributed by atoms with Crippen molar-refractivity contribution in [1.82, 2.24) is 10.9 Å². The number of hydrogen-bond acceptors (Lipinski definition) is 9. The first-order valence-electron chi connectivity index (χ1n) is 15.3. The van der Waals surface area contributed by atoms with Gasteiger partial charge >= 0.3 is 5.97 Å². The minimum atomic E-state index is -1.68. The van der Waals surface area contributed by atoms with Crippen molar-refractivity contribution in [3.05, 3.63) is 105 Å². The molecule has 248 valence electrons. The number of azide groups is 1. The summed E-state index contributed by atoms with van der Waals surface area (Å²) in [6.07, 6.45) is -0.284. The number of aliphatic hydroxyl groups excluding tert-OH is 1. The molecule has 0 radical (unpaired) electrons. The van der Waals surface area contributed by atoms with Crippen molar-refractivity contribution in [2.24, 2.45) is 10.1 Å². The molecule has 3 aromatic carbocycles. The molecule has 3 aromatic rings. The van der Waals surface area contributed by atoms with E-state index in [1.807, 2.05) is 18.2 Å². The Labute approximate surface area is 278 Å². The van der Waals surface area contributed by atoms with Gasteiger partial charge in [0.25, 0.3) is 5.91 Å². The average molecular weight is 663 g/mol. The molecule has 0 aromatic heterocycles.